The molecule has 0 saturated carbocycles. The summed E-state index contributed by atoms with van der Waals surface area (Å²) in [5, 5.41) is 3.27. The lowest BCUT2D eigenvalue weighted by atomic mass is 10.0. The molecule has 3 amide bonds. The number of hydrazine groups is 1. The number of halogens is 1. The van der Waals surface area contributed by atoms with Gasteiger partial charge in [-0.1, -0.05) is 36.4 Å². The van der Waals surface area contributed by atoms with Gasteiger partial charge in [-0.2, -0.15) is 0 Å². The van der Waals surface area contributed by atoms with Gasteiger partial charge in [0.05, 0.1) is 18.4 Å². The number of carbonyl (C=O) groups is 3. The quantitative estimate of drug-likeness (QED) is 0.120. The van der Waals surface area contributed by atoms with E-state index in [1.165, 1.54) is 12.1 Å². The molecule has 4 aromatic rings. The third-order valence-electron chi connectivity index (χ3n) is 7.18. The maximum Gasteiger partial charge on any atom is 0.408 e. The highest BCUT2D eigenvalue weighted by molar-refractivity contribution is 8.32. The molecule has 0 aliphatic carbocycles. The number of carbonyl (C=O) groups excluding carboxylic acids is 3. The first-order valence-electron chi connectivity index (χ1n) is 15.8. The van der Waals surface area contributed by atoms with E-state index in [4.69, 9.17) is 14.2 Å². The Morgan fingerprint density at radius 2 is 1.71 bits per heavy atom. The van der Waals surface area contributed by atoms with Gasteiger partial charge in [0, 0.05) is 24.6 Å². The first kappa shape index (κ1) is 37.2. The summed E-state index contributed by atoms with van der Waals surface area (Å²) in [5.74, 6) is -0.427. The smallest absolute Gasteiger partial charge is 0.408 e. The summed E-state index contributed by atoms with van der Waals surface area (Å²) in [7, 11) is -0.668. The van der Waals surface area contributed by atoms with Crippen LogP contribution in [-0.2, 0) is 38.6 Å². The van der Waals surface area contributed by atoms with Gasteiger partial charge in [-0.15, -0.1) is 0 Å². The average Bonchev–Trinajstić information content (AvgIpc) is 3.34. The summed E-state index contributed by atoms with van der Waals surface area (Å²) < 4.78 is 34.7. The third kappa shape index (κ3) is 11.5. The van der Waals surface area contributed by atoms with Crippen molar-refractivity contribution in [2.24, 2.45) is 0 Å². The highest BCUT2D eigenvalue weighted by Gasteiger charge is 2.26. The van der Waals surface area contributed by atoms with Crippen molar-refractivity contribution < 1.29 is 33.0 Å². The molecule has 2 aromatic carbocycles. The molecule has 11 nitrogen and oxygen atoms in total. The number of hydrogen-bond donors (Lipinski definition) is 3. The molecule has 4 rings (SSSR count). The minimum atomic E-state index is -1.20. The number of fused-ring (bicyclic) bond motifs is 1. The van der Waals surface area contributed by atoms with Crippen LogP contribution < -0.4 is 20.9 Å². The normalized spacial score (nSPS) is 12.7. The predicted molar refractivity (Wildman–Crippen MR) is 190 cm³/mol. The van der Waals surface area contributed by atoms with Crippen molar-refractivity contribution in [1.29, 1.82) is 0 Å². The van der Waals surface area contributed by atoms with Gasteiger partial charge >= 0.3 is 6.09 Å². The minimum absolute atomic E-state index is 0.0259. The van der Waals surface area contributed by atoms with Crippen LogP contribution in [0, 0.1) is 12.7 Å². The summed E-state index contributed by atoms with van der Waals surface area (Å²) in [6, 6.07) is 13.8. The van der Waals surface area contributed by atoms with E-state index in [2.05, 4.69) is 39.9 Å². The van der Waals surface area contributed by atoms with Crippen molar-refractivity contribution in [2.75, 3.05) is 31.1 Å². The first-order chi connectivity index (χ1) is 23.1. The summed E-state index contributed by atoms with van der Waals surface area (Å²) in [6.45, 7) is 7.98. The monoisotopic (exact) mass is 695 g/mol. The van der Waals surface area contributed by atoms with Crippen molar-refractivity contribution in [2.45, 2.75) is 58.9 Å². The maximum absolute atomic E-state index is 15.5. The fourth-order valence-electron chi connectivity index (χ4n) is 4.85. The Hall–Kier alpha value is -4.62. The van der Waals surface area contributed by atoms with E-state index in [1.54, 1.807) is 63.4 Å². The number of nitrogens with one attached hydrogen (secondary N) is 3. The number of amides is 3. The SMILES string of the molecule is Cc1cn(COCCS(C)(C)C)c2nccc(Oc3ccc(C[C@H](NC(=O)OC(C)(C)C)C(=O)NNC(=O)Cc4ccccc4)cc3F)c12. The van der Waals surface area contributed by atoms with E-state index >= 15 is 4.39 Å². The first-order valence-corrected chi connectivity index (χ1v) is 18.9. The van der Waals surface area contributed by atoms with Gasteiger partial charge in [-0.3, -0.25) is 20.4 Å². The van der Waals surface area contributed by atoms with E-state index in [0.717, 1.165) is 22.3 Å². The largest absolute Gasteiger partial charge is 0.453 e. The van der Waals surface area contributed by atoms with E-state index in [9.17, 15) is 14.4 Å². The number of ether oxygens (including phenoxy) is 3. The summed E-state index contributed by atoms with van der Waals surface area (Å²) in [6.07, 6.45) is 9.36. The van der Waals surface area contributed by atoms with Gasteiger partial charge in [0.25, 0.3) is 5.91 Å². The Bertz CT molecular complexity index is 1770. The Morgan fingerprint density at radius 3 is 2.39 bits per heavy atom. The van der Waals surface area contributed by atoms with Crippen LogP contribution in [0.1, 0.15) is 37.5 Å². The second kappa shape index (κ2) is 16.2. The number of aromatic nitrogens is 2. The van der Waals surface area contributed by atoms with E-state index in [-0.39, 0.29) is 18.6 Å². The average molecular weight is 696 g/mol. The standard InChI is InChI=1S/C36H46FN5O6S/c1-24-22-42(23-46-17-18-49(5,6)7)33-32(24)30(15-16-38-33)47-29-14-13-26(19-27(29)37)20-28(39-35(45)48-36(2,3)4)34(44)41-40-31(43)21-25-11-9-8-10-12-25/h8-16,19,22,28H,17-18,20-21,23H2,1-7H3,(H,39,45)(H,40,43)(H,41,44)/t28-/m0/s1. The van der Waals surface area contributed by atoms with Crippen LogP contribution in [0.5, 0.6) is 11.5 Å². The van der Waals surface area contributed by atoms with Crippen LogP contribution in [0.25, 0.3) is 11.0 Å². The van der Waals surface area contributed by atoms with Crippen molar-refractivity contribution in [3.63, 3.8) is 0 Å². The lowest BCUT2D eigenvalue weighted by molar-refractivity contribution is -0.129. The van der Waals surface area contributed by atoms with Gasteiger partial charge in [0.15, 0.2) is 11.6 Å². The van der Waals surface area contributed by atoms with Crippen LogP contribution in [0.4, 0.5) is 9.18 Å². The minimum Gasteiger partial charge on any atom is -0.453 e. The molecule has 0 unspecified atom stereocenters. The zero-order valence-corrected chi connectivity index (χ0v) is 29.9. The third-order valence-corrected chi connectivity index (χ3v) is 8.57. The Labute approximate surface area is 288 Å². The molecule has 0 aliphatic rings. The van der Waals surface area contributed by atoms with Crippen LogP contribution in [0.2, 0.25) is 0 Å². The molecule has 264 valence electrons. The number of benzene rings is 2. The number of nitrogens with zero attached hydrogens (tertiary/aromatic N) is 2. The van der Waals surface area contributed by atoms with E-state index < -0.39 is 45.4 Å². The zero-order valence-electron chi connectivity index (χ0n) is 29.1. The molecule has 49 heavy (non-hydrogen) atoms. The second-order valence-corrected chi connectivity index (χ2v) is 18.2. The summed E-state index contributed by atoms with van der Waals surface area (Å²) >= 11 is 0. The molecule has 2 aromatic heterocycles. The van der Waals surface area contributed by atoms with E-state index in [1.807, 2.05) is 23.8 Å². The number of hydrogen-bond acceptors (Lipinski definition) is 7. The van der Waals surface area contributed by atoms with Crippen LogP contribution in [0.15, 0.2) is 67.0 Å². The van der Waals surface area contributed by atoms with Crippen LogP contribution in [-0.4, -0.2) is 70.2 Å². The van der Waals surface area contributed by atoms with Gasteiger partial charge in [0.2, 0.25) is 5.91 Å². The molecular weight excluding hydrogens is 649 g/mol. The molecule has 0 saturated heterocycles. The van der Waals surface area contributed by atoms with Gasteiger partial charge in [-0.25, -0.2) is 24.2 Å². The van der Waals surface area contributed by atoms with Crippen molar-refractivity contribution in [1.82, 2.24) is 25.7 Å². The molecule has 0 radical (unpaired) electrons. The van der Waals surface area contributed by atoms with Crippen LogP contribution >= 0.6 is 10.0 Å². The number of aryl methyl sites for hydroxylation is 1. The molecule has 0 fully saturated rings. The molecule has 0 spiro atoms. The number of pyridine rings is 1. The molecule has 0 bridgehead atoms. The van der Waals surface area contributed by atoms with Crippen molar-refractivity contribution >= 4 is 39.0 Å². The molecular formula is C36H46FN5O6S. The topological polar surface area (TPSA) is 133 Å². The highest BCUT2D eigenvalue weighted by atomic mass is 32.3. The second-order valence-electron chi connectivity index (χ2n) is 13.6. The summed E-state index contributed by atoms with van der Waals surface area (Å²) in [4.78, 5) is 42.7. The maximum atomic E-state index is 15.5. The fraction of sp³-hybridized carbons (Fsp3) is 0.389. The highest BCUT2D eigenvalue weighted by Crippen LogP contribution is 2.35. The lowest BCUT2D eigenvalue weighted by Crippen LogP contribution is -2.54. The summed E-state index contributed by atoms with van der Waals surface area (Å²) in [5.41, 5.74) is 6.62. The number of alkyl carbamates (subject to hydrolysis) is 1. The van der Waals surface area contributed by atoms with Gasteiger partial charge in [0.1, 0.15) is 29.8 Å². The Kier molecular flexibility index (Phi) is 12.3. The Morgan fingerprint density at radius 1 is 0.980 bits per heavy atom. The fourth-order valence-corrected chi connectivity index (χ4v) is 5.47. The molecule has 13 heteroatoms. The Balaban J connectivity index is 1.46. The van der Waals surface area contributed by atoms with E-state index in [0.29, 0.717) is 30.3 Å². The molecule has 0 aliphatic heterocycles. The van der Waals surface area contributed by atoms with Gasteiger partial charge < -0.3 is 24.1 Å². The van der Waals surface area contributed by atoms with Gasteiger partial charge in [-0.05, 0) is 81.4 Å². The lowest BCUT2D eigenvalue weighted by Gasteiger charge is -2.24. The van der Waals surface area contributed by atoms with Crippen molar-refractivity contribution in [3.8, 4) is 11.5 Å². The number of rotatable bonds is 13. The molecule has 3 N–H and O–H groups in total. The van der Waals surface area contributed by atoms with Crippen molar-refractivity contribution in [3.05, 3.63) is 89.5 Å². The zero-order chi connectivity index (χ0) is 35.8. The molecule has 2 heterocycles. The van der Waals surface area contributed by atoms with Crippen LogP contribution in [0.3, 0.4) is 0 Å². The molecule has 1 atom stereocenters. The predicted octanol–water partition coefficient (Wildman–Crippen LogP) is 5.77.